The maximum Gasteiger partial charge on any atom is 0.361 e. The molecule has 0 bridgehead atoms. The summed E-state index contributed by atoms with van der Waals surface area (Å²) in [7, 11) is 5.98. The van der Waals surface area contributed by atoms with Gasteiger partial charge in [-0.2, -0.15) is 0 Å². The first-order chi connectivity index (χ1) is 49.6. The zero-order valence-electron chi connectivity index (χ0n) is 66.5. The van der Waals surface area contributed by atoms with Gasteiger partial charge in [-0.15, -0.1) is 0 Å². The molecule has 0 aromatic heterocycles. The molecule has 0 rings (SSSR count). The lowest BCUT2D eigenvalue weighted by molar-refractivity contribution is -0.870. The molecule has 0 amide bonds. The van der Waals surface area contributed by atoms with Crippen LogP contribution in [0.2, 0.25) is 0 Å². The number of ether oxygens (including phenoxy) is 4. The average Bonchev–Trinajstić information content (AvgIpc) is 1.25. The number of likely N-dealkylation sites (N-methyl/N-ethyl adjacent to an activating group) is 1. The third kappa shape index (κ3) is 82.6. The van der Waals surface area contributed by atoms with Crippen molar-refractivity contribution in [3.8, 4) is 0 Å². The highest BCUT2D eigenvalue weighted by atomic mass is 16.7. The summed E-state index contributed by atoms with van der Waals surface area (Å²) in [6.07, 6.45) is 115. The first kappa shape index (κ1) is 96.4. The minimum absolute atomic E-state index is 0.180. The molecule has 0 saturated carbocycles. The lowest BCUT2D eigenvalue weighted by atomic mass is 10.0. The quantitative estimate of drug-likeness (QED) is 0.0211. The van der Waals surface area contributed by atoms with Crippen LogP contribution in [0.3, 0.4) is 0 Å². The van der Waals surface area contributed by atoms with Crippen LogP contribution in [0.15, 0.2) is 134 Å². The Morgan fingerprint density at radius 3 is 0.851 bits per heavy atom. The van der Waals surface area contributed by atoms with E-state index < -0.39 is 24.3 Å². The lowest BCUT2D eigenvalue weighted by Gasteiger charge is -2.25. The molecule has 1 N–H and O–H groups in total. The minimum atomic E-state index is -1.52. The van der Waals surface area contributed by atoms with Crippen molar-refractivity contribution in [1.29, 1.82) is 0 Å². The van der Waals surface area contributed by atoms with E-state index in [-0.39, 0.29) is 32.2 Å². The highest BCUT2D eigenvalue weighted by molar-refractivity contribution is 5.71. The second-order valence-electron chi connectivity index (χ2n) is 29.4. The van der Waals surface area contributed by atoms with Gasteiger partial charge in [0, 0.05) is 12.8 Å². The van der Waals surface area contributed by atoms with E-state index in [4.69, 9.17) is 18.9 Å². The number of carbonyl (C=O) groups excluding carboxylic acids is 2. The summed E-state index contributed by atoms with van der Waals surface area (Å²) in [4.78, 5) is 37.8. The number of unbranched alkanes of at least 4 members (excludes halogenated alkanes) is 41. The summed E-state index contributed by atoms with van der Waals surface area (Å²) >= 11 is 0. The van der Waals surface area contributed by atoms with Crippen LogP contribution in [0, 0.1) is 0 Å². The smallest absolute Gasteiger partial charge is 0.361 e. The fourth-order valence-corrected chi connectivity index (χ4v) is 12.0. The third-order valence-electron chi connectivity index (χ3n) is 18.4. The molecule has 0 aliphatic carbocycles. The Labute approximate surface area is 624 Å². The van der Waals surface area contributed by atoms with Crippen molar-refractivity contribution in [3.63, 3.8) is 0 Å². The van der Waals surface area contributed by atoms with E-state index in [0.29, 0.717) is 23.9 Å². The van der Waals surface area contributed by atoms with Crippen LogP contribution in [0.25, 0.3) is 0 Å². The molecule has 0 aliphatic rings. The average molecular weight is 1410 g/mol. The Morgan fingerprint density at radius 2 is 0.564 bits per heavy atom. The van der Waals surface area contributed by atoms with Gasteiger partial charge < -0.3 is 28.5 Å². The summed E-state index contributed by atoms with van der Waals surface area (Å²) in [6, 6.07) is 0. The third-order valence-corrected chi connectivity index (χ3v) is 18.4. The van der Waals surface area contributed by atoms with E-state index in [1.54, 1.807) is 0 Å². The van der Waals surface area contributed by atoms with Gasteiger partial charge in [0.25, 0.3) is 6.29 Å². The van der Waals surface area contributed by atoms with E-state index in [0.717, 1.165) is 122 Å². The van der Waals surface area contributed by atoms with E-state index in [2.05, 4.69) is 148 Å². The first-order valence-corrected chi connectivity index (χ1v) is 42.3. The molecule has 9 heteroatoms. The normalized spacial score (nSPS) is 13.3. The fraction of sp³-hybridized carbons (Fsp3) is 0.728. The number of carboxylic acid groups (broad SMARTS) is 1. The van der Waals surface area contributed by atoms with E-state index in [1.807, 2.05) is 21.1 Å². The van der Waals surface area contributed by atoms with E-state index in [1.165, 1.54) is 218 Å². The van der Waals surface area contributed by atoms with Gasteiger partial charge in [-0.1, -0.05) is 379 Å². The van der Waals surface area contributed by atoms with Crippen LogP contribution in [0.1, 0.15) is 373 Å². The van der Waals surface area contributed by atoms with Gasteiger partial charge in [-0.3, -0.25) is 9.59 Å². The molecule has 0 aromatic carbocycles. The van der Waals surface area contributed by atoms with Crippen LogP contribution in [-0.2, 0) is 33.3 Å². The topological polar surface area (TPSA) is 108 Å². The van der Waals surface area contributed by atoms with Crippen molar-refractivity contribution in [2.45, 2.75) is 386 Å². The number of carboxylic acids is 1. The molecule has 0 saturated heterocycles. The number of nitrogens with zero attached hydrogens (tertiary/aromatic N) is 1. The Kier molecular flexibility index (Phi) is 77.4. The molecule has 0 radical (unpaired) electrons. The standard InChI is InChI=1S/C92H159NO8/c1-6-8-10-12-14-16-18-20-22-24-26-28-30-32-34-36-38-40-42-44-45-47-48-50-52-54-56-58-60-62-64-66-68-70-72-74-76-78-80-82-89(94)99-86-88(87-100-92(91(96)97)98-85-84-93(3,4)5)101-90(95)83-81-79-77-75-73-71-69-67-65-63-61-59-57-55-53-51-49-46-43-41-39-37-35-33-31-29-27-25-23-21-19-17-15-13-11-9-7-2/h9,11,15,17,21,23-24,26-27,29,33,35,39,41,46,49,53,55,59,61,65,67,88,92H,6-8,10,12-14,16,18-20,22,25,28,30-32,34,36-38,40,42-45,47-48,50-52,54,56-58,60,62-64,66,68-87H2,1-5H3/p+1/b11-9-,17-15-,23-21-,26-24-,29-27-,35-33-,41-39-,49-46-,55-53-,61-59-,67-65-. The van der Waals surface area contributed by atoms with Gasteiger partial charge in [0.15, 0.2) is 6.10 Å². The maximum absolute atomic E-state index is 13.0. The number of hydrogen-bond donors (Lipinski definition) is 1. The molecule has 580 valence electrons. The Balaban J connectivity index is 4.05. The monoisotopic (exact) mass is 1410 g/mol. The predicted molar refractivity (Wildman–Crippen MR) is 438 cm³/mol. The summed E-state index contributed by atoms with van der Waals surface area (Å²) in [6.45, 7) is 4.78. The van der Waals surface area contributed by atoms with Crippen molar-refractivity contribution in [2.75, 3.05) is 47.5 Å². The molecule has 9 nitrogen and oxygen atoms in total. The van der Waals surface area contributed by atoms with Crippen LogP contribution < -0.4 is 0 Å². The molecule has 101 heavy (non-hydrogen) atoms. The Morgan fingerprint density at radius 1 is 0.307 bits per heavy atom. The largest absolute Gasteiger partial charge is 0.477 e. The second-order valence-corrected chi connectivity index (χ2v) is 29.4. The molecule has 0 heterocycles. The maximum atomic E-state index is 13.0. The number of rotatable bonds is 78. The van der Waals surface area contributed by atoms with Crippen molar-refractivity contribution < 1.29 is 42.9 Å². The Hall–Kier alpha value is -4.57. The molecule has 0 aromatic rings. The van der Waals surface area contributed by atoms with Crippen LogP contribution in [0.5, 0.6) is 0 Å². The number of esters is 2. The van der Waals surface area contributed by atoms with Gasteiger partial charge in [-0.05, 0) is 116 Å². The number of allylic oxidation sites excluding steroid dienone is 22. The van der Waals surface area contributed by atoms with Crippen LogP contribution in [-0.4, -0.2) is 87.4 Å². The van der Waals surface area contributed by atoms with Crippen molar-refractivity contribution in [3.05, 3.63) is 134 Å². The predicted octanol–water partition coefficient (Wildman–Crippen LogP) is 27.6. The van der Waals surface area contributed by atoms with Gasteiger partial charge in [0.1, 0.15) is 13.2 Å². The summed E-state index contributed by atoms with van der Waals surface area (Å²) in [5.74, 6) is -2.02. The van der Waals surface area contributed by atoms with Gasteiger partial charge in [0.2, 0.25) is 0 Å². The summed E-state index contributed by atoms with van der Waals surface area (Å²) in [5, 5.41) is 9.78. The molecule has 0 fully saturated rings. The van der Waals surface area contributed by atoms with Gasteiger partial charge >= 0.3 is 17.9 Å². The molecule has 0 spiro atoms. The highest BCUT2D eigenvalue weighted by Crippen LogP contribution is 2.19. The summed E-state index contributed by atoms with van der Waals surface area (Å²) < 4.78 is 23.0. The fourth-order valence-electron chi connectivity index (χ4n) is 12.0. The van der Waals surface area contributed by atoms with E-state index in [9.17, 15) is 19.5 Å². The molecular formula is C92H160NO8+. The van der Waals surface area contributed by atoms with Crippen LogP contribution >= 0.6 is 0 Å². The zero-order chi connectivity index (χ0) is 73.2. The van der Waals surface area contributed by atoms with Crippen molar-refractivity contribution in [2.24, 2.45) is 0 Å². The minimum Gasteiger partial charge on any atom is -0.477 e. The second kappa shape index (κ2) is 81.1. The number of quaternary nitrogens is 1. The van der Waals surface area contributed by atoms with Crippen molar-refractivity contribution in [1.82, 2.24) is 0 Å². The molecular weight excluding hydrogens is 1250 g/mol. The lowest BCUT2D eigenvalue weighted by Crippen LogP contribution is -2.40. The van der Waals surface area contributed by atoms with Crippen molar-refractivity contribution >= 4 is 17.9 Å². The number of aliphatic carboxylic acids is 1. The zero-order valence-corrected chi connectivity index (χ0v) is 66.5. The molecule has 0 aliphatic heterocycles. The first-order valence-electron chi connectivity index (χ1n) is 42.3. The Bertz CT molecular complexity index is 2130. The highest BCUT2D eigenvalue weighted by Gasteiger charge is 2.25. The number of hydrogen-bond acceptors (Lipinski definition) is 7. The van der Waals surface area contributed by atoms with Gasteiger partial charge in [0.05, 0.1) is 34.4 Å². The van der Waals surface area contributed by atoms with E-state index >= 15 is 0 Å². The summed E-state index contributed by atoms with van der Waals surface area (Å²) in [5.41, 5.74) is 0. The van der Waals surface area contributed by atoms with Crippen LogP contribution in [0.4, 0.5) is 0 Å². The molecule has 2 atom stereocenters. The van der Waals surface area contributed by atoms with Gasteiger partial charge in [-0.25, -0.2) is 4.79 Å². The number of carbonyl (C=O) groups is 3. The SMILES string of the molecule is CC/C=C\C/C=C\C/C=C\C/C=C\C/C=C\C/C=C\C/C=C\C/C=C\C/C=C\C/C=C\CCCCCCCCC(=O)OC(COC(=O)CCCCCCCCCCCCCCCCCCCCCCCCCCCCC/C=C\CCCCCCCCCC)COC(OCC[N+](C)(C)C)C(=O)O. The molecule has 2 unspecified atom stereocenters.